The summed E-state index contributed by atoms with van der Waals surface area (Å²) < 4.78 is 0. The highest BCUT2D eigenvalue weighted by atomic mass is 16.3. The molecular formula is C18H24N4O2. The largest absolute Gasteiger partial charge is 0.390 e. The van der Waals surface area contributed by atoms with Gasteiger partial charge in [-0.05, 0) is 23.6 Å². The van der Waals surface area contributed by atoms with E-state index in [4.69, 9.17) is 0 Å². The van der Waals surface area contributed by atoms with Gasteiger partial charge in [-0.25, -0.2) is 0 Å². The fourth-order valence-corrected chi connectivity index (χ4v) is 3.01. The summed E-state index contributed by atoms with van der Waals surface area (Å²) in [6.07, 6.45) is 3.93. The molecule has 0 saturated heterocycles. The number of aliphatic imine (C=N–C) groups is 1. The van der Waals surface area contributed by atoms with Crippen LogP contribution < -0.4 is 5.32 Å². The Morgan fingerprint density at radius 1 is 1.38 bits per heavy atom. The Morgan fingerprint density at radius 2 is 2.17 bits per heavy atom. The molecule has 1 aromatic carbocycles. The maximum atomic E-state index is 12.0. The van der Waals surface area contributed by atoms with Crippen LogP contribution in [0.5, 0.6) is 0 Å². The normalized spacial score (nSPS) is 18.8. The van der Waals surface area contributed by atoms with Gasteiger partial charge < -0.3 is 15.3 Å². The van der Waals surface area contributed by atoms with E-state index in [0.717, 1.165) is 19.5 Å². The Kier molecular flexibility index (Phi) is 5.27. The fourth-order valence-electron chi connectivity index (χ4n) is 3.01. The van der Waals surface area contributed by atoms with E-state index in [1.54, 1.807) is 6.08 Å². The van der Waals surface area contributed by atoms with Crippen molar-refractivity contribution in [2.75, 3.05) is 33.4 Å². The summed E-state index contributed by atoms with van der Waals surface area (Å²) in [6.45, 7) is 3.06. The third-order valence-electron chi connectivity index (χ3n) is 4.36. The lowest BCUT2D eigenvalue weighted by molar-refractivity contribution is -0.115. The average molecular weight is 328 g/mol. The number of carbonyl (C=O) groups is 1. The molecular weight excluding hydrogens is 304 g/mol. The van der Waals surface area contributed by atoms with Gasteiger partial charge in [-0.15, -0.1) is 0 Å². The van der Waals surface area contributed by atoms with E-state index in [9.17, 15) is 9.90 Å². The van der Waals surface area contributed by atoms with E-state index in [1.165, 1.54) is 11.1 Å². The number of aliphatic hydroxyl groups is 1. The molecule has 0 saturated carbocycles. The molecule has 0 spiro atoms. The van der Waals surface area contributed by atoms with Gasteiger partial charge in [-0.1, -0.05) is 24.3 Å². The van der Waals surface area contributed by atoms with Crippen molar-refractivity contribution in [3.05, 3.63) is 47.7 Å². The maximum absolute atomic E-state index is 12.0. The van der Waals surface area contributed by atoms with Crippen molar-refractivity contribution in [1.29, 1.82) is 0 Å². The molecule has 2 N–H and O–H groups in total. The number of fused-ring (bicyclic) bond motifs is 1. The van der Waals surface area contributed by atoms with E-state index in [-0.39, 0.29) is 12.5 Å². The van der Waals surface area contributed by atoms with Crippen LogP contribution in [0.15, 0.2) is 41.5 Å². The van der Waals surface area contributed by atoms with Crippen LogP contribution in [0.1, 0.15) is 11.1 Å². The molecule has 0 radical (unpaired) electrons. The second-order valence-electron chi connectivity index (χ2n) is 6.38. The Labute approximate surface area is 142 Å². The number of benzene rings is 1. The lowest BCUT2D eigenvalue weighted by atomic mass is 10.00. The third kappa shape index (κ3) is 4.21. The Balaban J connectivity index is 1.44. The van der Waals surface area contributed by atoms with Gasteiger partial charge in [0, 0.05) is 39.4 Å². The summed E-state index contributed by atoms with van der Waals surface area (Å²) >= 11 is 0. The second kappa shape index (κ2) is 7.59. The predicted molar refractivity (Wildman–Crippen MR) is 93.6 cm³/mol. The maximum Gasteiger partial charge on any atom is 0.269 e. The zero-order valence-corrected chi connectivity index (χ0v) is 14.0. The first-order valence-corrected chi connectivity index (χ1v) is 8.30. The smallest absolute Gasteiger partial charge is 0.269 e. The van der Waals surface area contributed by atoms with Gasteiger partial charge in [-0.2, -0.15) is 0 Å². The first kappa shape index (κ1) is 16.7. The lowest BCUT2D eigenvalue weighted by Gasteiger charge is -2.30. The van der Waals surface area contributed by atoms with Gasteiger partial charge in [0.2, 0.25) is 0 Å². The van der Waals surface area contributed by atoms with Crippen molar-refractivity contribution in [1.82, 2.24) is 15.1 Å². The first-order chi connectivity index (χ1) is 11.6. The first-order valence-electron chi connectivity index (χ1n) is 8.30. The predicted octanol–water partition coefficient (Wildman–Crippen LogP) is 0.379. The van der Waals surface area contributed by atoms with Crippen molar-refractivity contribution < 1.29 is 9.90 Å². The quantitative estimate of drug-likeness (QED) is 0.820. The highest BCUT2D eigenvalue weighted by Gasteiger charge is 2.19. The molecule has 2 aliphatic heterocycles. The molecule has 2 aliphatic rings. The van der Waals surface area contributed by atoms with Crippen molar-refractivity contribution in [2.24, 2.45) is 4.99 Å². The van der Waals surface area contributed by atoms with E-state index in [2.05, 4.69) is 39.5 Å². The molecule has 6 heteroatoms. The highest BCUT2D eigenvalue weighted by Crippen LogP contribution is 2.18. The van der Waals surface area contributed by atoms with Gasteiger partial charge >= 0.3 is 0 Å². The van der Waals surface area contributed by atoms with Crippen LogP contribution in [-0.2, 0) is 17.8 Å². The number of nitrogens with one attached hydrogen (secondary N) is 1. The number of rotatable bonds is 5. The van der Waals surface area contributed by atoms with Crippen LogP contribution >= 0.6 is 0 Å². The summed E-state index contributed by atoms with van der Waals surface area (Å²) in [7, 11) is 1.90. The lowest BCUT2D eigenvalue weighted by Crippen LogP contribution is -2.43. The van der Waals surface area contributed by atoms with Crippen molar-refractivity contribution >= 4 is 11.6 Å². The molecule has 0 bridgehead atoms. The summed E-state index contributed by atoms with van der Waals surface area (Å²) in [5.74, 6) is -0.234. The summed E-state index contributed by atoms with van der Waals surface area (Å²) in [5.41, 5.74) is 3.13. The van der Waals surface area contributed by atoms with Gasteiger partial charge in [0.25, 0.3) is 5.91 Å². The summed E-state index contributed by atoms with van der Waals surface area (Å²) in [4.78, 5) is 20.3. The Hall–Kier alpha value is -2.18. The minimum Gasteiger partial charge on any atom is -0.390 e. The number of β-amino-alcohol motifs (C(OH)–C–C–N with tert-alkyl or cyclic N) is 1. The molecule has 1 aromatic rings. The van der Waals surface area contributed by atoms with Crippen LogP contribution in [0.3, 0.4) is 0 Å². The number of aliphatic hydroxyl groups excluding tert-OH is 1. The minimum atomic E-state index is -0.588. The van der Waals surface area contributed by atoms with Crippen molar-refractivity contribution in [3.8, 4) is 0 Å². The fraction of sp³-hybridized carbons (Fsp3) is 0.444. The molecule has 2 heterocycles. The Bertz CT molecular complexity index is 656. The van der Waals surface area contributed by atoms with Crippen molar-refractivity contribution in [3.63, 3.8) is 0 Å². The zero-order chi connectivity index (χ0) is 16.9. The molecule has 3 rings (SSSR count). The molecule has 1 atom stereocenters. The van der Waals surface area contributed by atoms with Crippen LogP contribution in [0, 0.1) is 0 Å². The topological polar surface area (TPSA) is 68.2 Å². The number of hydrogen-bond donors (Lipinski definition) is 2. The number of hydrogen-bond acceptors (Lipinski definition) is 5. The van der Waals surface area contributed by atoms with E-state index in [1.807, 2.05) is 18.1 Å². The summed E-state index contributed by atoms with van der Waals surface area (Å²) in [6, 6.07) is 8.42. The van der Waals surface area contributed by atoms with Gasteiger partial charge in [-0.3, -0.25) is 14.7 Å². The standard InChI is InChI=1S/C18H24N4O2/c1-21-8-7-17(20-13-21)18(24)19-10-16(23)12-22-9-6-14-4-2-3-5-15(14)11-22/h2-5,7-8,16,23H,6,9-13H2,1H3,(H,19,24)/t16-/m0/s1. The zero-order valence-electron chi connectivity index (χ0n) is 14.0. The number of nitrogens with zero attached hydrogens (tertiary/aromatic N) is 3. The molecule has 6 nitrogen and oxygen atoms in total. The van der Waals surface area contributed by atoms with Crippen LogP contribution in [0.4, 0.5) is 0 Å². The number of carbonyl (C=O) groups excluding carboxylic acids is 1. The average Bonchev–Trinajstić information content (AvgIpc) is 2.60. The molecule has 0 unspecified atom stereocenters. The van der Waals surface area contributed by atoms with E-state index < -0.39 is 6.10 Å². The van der Waals surface area contributed by atoms with E-state index in [0.29, 0.717) is 18.9 Å². The van der Waals surface area contributed by atoms with Gasteiger partial charge in [0.05, 0.1) is 6.10 Å². The SMILES string of the molecule is CN1C=CC(C(=O)NC[C@H](O)CN2CCc3ccccc3C2)=NC1. The number of amides is 1. The molecule has 128 valence electrons. The second-order valence-corrected chi connectivity index (χ2v) is 6.38. The van der Waals surface area contributed by atoms with Gasteiger partial charge in [0.1, 0.15) is 12.4 Å². The highest BCUT2D eigenvalue weighted by molar-refractivity contribution is 6.43. The molecule has 0 aromatic heterocycles. The Morgan fingerprint density at radius 3 is 2.92 bits per heavy atom. The van der Waals surface area contributed by atoms with Crippen LogP contribution in [0.2, 0.25) is 0 Å². The molecule has 1 amide bonds. The molecule has 24 heavy (non-hydrogen) atoms. The summed E-state index contributed by atoms with van der Waals surface area (Å²) in [5, 5.41) is 13.0. The monoisotopic (exact) mass is 328 g/mol. The van der Waals surface area contributed by atoms with Crippen molar-refractivity contribution in [2.45, 2.75) is 19.1 Å². The van der Waals surface area contributed by atoms with E-state index >= 15 is 0 Å². The van der Waals surface area contributed by atoms with Crippen LogP contribution in [0.25, 0.3) is 0 Å². The van der Waals surface area contributed by atoms with Crippen LogP contribution in [-0.4, -0.2) is 66.0 Å². The molecule has 0 aliphatic carbocycles. The minimum absolute atomic E-state index is 0.234. The third-order valence-corrected chi connectivity index (χ3v) is 4.36. The van der Waals surface area contributed by atoms with Gasteiger partial charge in [0.15, 0.2) is 0 Å². The molecule has 0 fully saturated rings.